The van der Waals surface area contributed by atoms with Crippen molar-refractivity contribution in [3.8, 4) is 17.2 Å². The lowest BCUT2D eigenvalue weighted by Gasteiger charge is -2.19. The lowest BCUT2D eigenvalue weighted by atomic mass is 10.2. The first-order valence-corrected chi connectivity index (χ1v) is 8.75. The number of thioether (sulfide) groups is 1. The summed E-state index contributed by atoms with van der Waals surface area (Å²) in [5.74, 6) is 2.73. The topological polar surface area (TPSA) is 78.4 Å². The van der Waals surface area contributed by atoms with Crippen molar-refractivity contribution in [3.63, 3.8) is 0 Å². The Balaban J connectivity index is 1.66. The molecule has 1 heterocycles. The number of benzene rings is 2. The molecule has 0 aromatic heterocycles. The molecule has 7 heteroatoms. The van der Waals surface area contributed by atoms with E-state index in [2.05, 4.69) is 10.2 Å². The largest absolute Gasteiger partial charge is 0.496 e. The number of nitrogens with zero attached hydrogens (tertiary/aromatic N) is 2. The van der Waals surface area contributed by atoms with Crippen LogP contribution in [0.5, 0.6) is 17.2 Å². The number of methoxy groups -OCH3 is 1. The highest BCUT2D eigenvalue weighted by atomic mass is 32.2. The summed E-state index contributed by atoms with van der Waals surface area (Å²) in [4.78, 5) is 0. The molecule has 0 bridgehead atoms. The van der Waals surface area contributed by atoms with Gasteiger partial charge in [0.15, 0.2) is 16.7 Å². The Hall–Kier alpha value is -2.67. The van der Waals surface area contributed by atoms with E-state index in [1.54, 1.807) is 19.4 Å². The average Bonchev–Trinajstić information content (AvgIpc) is 2.66. The number of nitrogens with two attached hydrogens (primary N) is 1. The van der Waals surface area contributed by atoms with E-state index in [1.807, 2.05) is 36.4 Å². The molecular weight excluding hydrogens is 338 g/mol. The minimum Gasteiger partial charge on any atom is -0.496 e. The molecule has 25 heavy (non-hydrogen) atoms. The summed E-state index contributed by atoms with van der Waals surface area (Å²) in [6.45, 7) is 1.06. The molecule has 0 spiro atoms. The van der Waals surface area contributed by atoms with Crippen LogP contribution in [-0.4, -0.2) is 31.7 Å². The maximum absolute atomic E-state index is 5.89. The van der Waals surface area contributed by atoms with E-state index in [9.17, 15) is 0 Å². The highest BCUT2D eigenvalue weighted by molar-refractivity contribution is 8.13. The molecule has 0 radical (unpaired) electrons. The van der Waals surface area contributed by atoms with Crippen molar-refractivity contribution in [2.75, 3.05) is 20.3 Å². The molecular formula is C18H19N3O3S. The number of fused-ring (bicyclic) bond motifs is 1. The minimum atomic E-state index is 0.400. The summed E-state index contributed by atoms with van der Waals surface area (Å²) in [7, 11) is 1.59. The zero-order valence-corrected chi connectivity index (χ0v) is 14.7. The number of rotatable bonds is 5. The van der Waals surface area contributed by atoms with Crippen LogP contribution in [0.15, 0.2) is 52.7 Å². The number of amidine groups is 1. The maximum Gasteiger partial charge on any atom is 0.180 e. The lowest BCUT2D eigenvalue weighted by molar-refractivity contribution is 0.171. The Morgan fingerprint density at radius 3 is 2.64 bits per heavy atom. The number of hydrogen-bond donors (Lipinski definition) is 1. The Morgan fingerprint density at radius 1 is 1.20 bits per heavy atom. The molecule has 0 saturated heterocycles. The monoisotopic (exact) mass is 357 g/mol. The van der Waals surface area contributed by atoms with Crippen LogP contribution in [0.25, 0.3) is 0 Å². The highest BCUT2D eigenvalue weighted by Gasteiger charge is 2.15. The minimum absolute atomic E-state index is 0.400. The number of hydrogen-bond acceptors (Lipinski definition) is 6. The molecule has 0 fully saturated rings. The molecule has 0 saturated carbocycles. The molecule has 2 aromatic rings. The van der Waals surface area contributed by atoms with E-state index >= 15 is 0 Å². The third kappa shape index (κ3) is 4.67. The van der Waals surface area contributed by atoms with Crippen LogP contribution in [0.1, 0.15) is 11.1 Å². The van der Waals surface area contributed by atoms with Gasteiger partial charge < -0.3 is 19.9 Å². The number of ether oxygens (including phenoxy) is 3. The van der Waals surface area contributed by atoms with Crippen LogP contribution in [0.4, 0.5) is 0 Å². The van der Waals surface area contributed by atoms with Crippen LogP contribution >= 0.6 is 11.8 Å². The van der Waals surface area contributed by atoms with Gasteiger partial charge in [-0.25, -0.2) is 0 Å². The molecule has 2 N–H and O–H groups in total. The Kier molecular flexibility index (Phi) is 5.79. The second-order valence-electron chi connectivity index (χ2n) is 5.19. The van der Waals surface area contributed by atoms with E-state index in [1.165, 1.54) is 17.3 Å². The van der Waals surface area contributed by atoms with Crippen molar-refractivity contribution in [2.45, 2.75) is 5.75 Å². The van der Waals surface area contributed by atoms with Crippen LogP contribution < -0.4 is 19.9 Å². The van der Waals surface area contributed by atoms with Crippen molar-refractivity contribution in [1.82, 2.24) is 0 Å². The molecule has 1 aliphatic rings. The van der Waals surface area contributed by atoms with Crippen LogP contribution in [-0.2, 0) is 5.75 Å². The second kappa shape index (κ2) is 8.43. The Labute approximate surface area is 150 Å². The van der Waals surface area contributed by atoms with Gasteiger partial charge in [0.05, 0.1) is 13.3 Å². The van der Waals surface area contributed by atoms with Gasteiger partial charge in [0.2, 0.25) is 0 Å². The average molecular weight is 357 g/mol. The SMILES string of the molecule is COc1cc2c(cc1C=NN=C(N)SCc1ccccc1)OCCO2. The van der Waals surface area contributed by atoms with Crippen molar-refractivity contribution in [3.05, 3.63) is 53.6 Å². The van der Waals surface area contributed by atoms with Gasteiger partial charge in [-0.05, 0) is 11.6 Å². The van der Waals surface area contributed by atoms with E-state index in [0.717, 1.165) is 11.3 Å². The van der Waals surface area contributed by atoms with Gasteiger partial charge in [0, 0.05) is 17.4 Å². The van der Waals surface area contributed by atoms with Crippen molar-refractivity contribution >= 4 is 23.1 Å². The molecule has 0 atom stereocenters. The van der Waals surface area contributed by atoms with Gasteiger partial charge in [-0.2, -0.15) is 5.10 Å². The van der Waals surface area contributed by atoms with Gasteiger partial charge in [0.25, 0.3) is 0 Å². The van der Waals surface area contributed by atoms with E-state index < -0.39 is 0 Å². The zero-order valence-electron chi connectivity index (χ0n) is 13.8. The predicted molar refractivity (Wildman–Crippen MR) is 101 cm³/mol. The van der Waals surface area contributed by atoms with Gasteiger partial charge in [0.1, 0.15) is 19.0 Å². The van der Waals surface area contributed by atoms with Gasteiger partial charge in [-0.15, -0.1) is 5.10 Å². The van der Waals surface area contributed by atoms with E-state index in [-0.39, 0.29) is 0 Å². The fourth-order valence-corrected chi connectivity index (χ4v) is 2.88. The normalized spacial score (nSPS) is 13.9. The molecule has 0 amide bonds. The summed E-state index contributed by atoms with van der Waals surface area (Å²) < 4.78 is 16.5. The van der Waals surface area contributed by atoms with Crippen molar-refractivity contribution in [2.24, 2.45) is 15.9 Å². The van der Waals surface area contributed by atoms with Crippen LogP contribution in [0.3, 0.4) is 0 Å². The van der Waals surface area contributed by atoms with Crippen molar-refractivity contribution < 1.29 is 14.2 Å². The molecule has 0 unspecified atom stereocenters. The van der Waals surface area contributed by atoms with Crippen molar-refractivity contribution in [1.29, 1.82) is 0 Å². The van der Waals surface area contributed by atoms with Gasteiger partial charge in [-0.3, -0.25) is 0 Å². The highest BCUT2D eigenvalue weighted by Crippen LogP contribution is 2.36. The molecule has 2 aromatic carbocycles. The quantitative estimate of drug-likeness (QED) is 0.505. The Bertz CT molecular complexity index is 779. The molecule has 130 valence electrons. The van der Waals surface area contributed by atoms with Gasteiger partial charge >= 0.3 is 0 Å². The first-order chi connectivity index (χ1) is 12.3. The molecule has 6 nitrogen and oxygen atoms in total. The third-order valence-electron chi connectivity index (χ3n) is 3.48. The lowest BCUT2D eigenvalue weighted by Crippen LogP contribution is -2.15. The summed E-state index contributed by atoms with van der Waals surface area (Å²) in [6.07, 6.45) is 1.59. The molecule has 3 rings (SSSR count). The summed E-state index contributed by atoms with van der Waals surface area (Å²) in [6, 6.07) is 13.7. The smallest absolute Gasteiger partial charge is 0.180 e. The standard InChI is InChI=1S/C18H19N3O3S/c1-22-15-10-17-16(23-7-8-24-17)9-14(15)11-20-21-18(19)25-12-13-5-3-2-4-6-13/h2-6,9-11H,7-8,12H2,1H3,(H2,19,21). The van der Waals surface area contributed by atoms with E-state index in [0.29, 0.717) is 35.6 Å². The maximum atomic E-state index is 5.89. The van der Waals surface area contributed by atoms with Crippen LogP contribution in [0.2, 0.25) is 0 Å². The predicted octanol–water partition coefficient (Wildman–Crippen LogP) is 3.05. The Morgan fingerprint density at radius 2 is 1.92 bits per heavy atom. The fraction of sp³-hybridized carbons (Fsp3) is 0.222. The second-order valence-corrected chi connectivity index (χ2v) is 6.19. The first-order valence-electron chi connectivity index (χ1n) is 7.77. The third-order valence-corrected chi connectivity index (χ3v) is 4.33. The summed E-state index contributed by atoms with van der Waals surface area (Å²) >= 11 is 1.44. The fourth-order valence-electron chi connectivity index (χ4n) is 2.27. The van der Waals surface area contributed by atoms with Gasteiger partial charge in [-0.1, -0.05) is 42.1 Å². The first kappa shape index (κ1) is 17.2. The summed E-state index contributed by atoms with van der Waals surface area (Å²) in [5.41, 5.74) is 7.82. The zero-order chi connectivity index (χ0) is 17.5. The van der Waals surface area contributed by atoms with Crippen LogP contribution in [0, 0.1) is 0 Å². The summed E-state index contributed by atoms with van der Waals surface area (Å²) in [5, 5.41) is 8.47. The van der Waals surface area contributed by atoms with E-state index in [4.69, 9.17) is 19.9 Å². The molecule has 1 aliphatic heterocycles. The molecule has 0 aliphatic carbocycles.